The van der Waals surface area contributed by atoms with Gasteiger partial charge in [0, 0.05) is 24.1 Å². The molecule has 1 amide bonds. The fourth-order valence-electron chi connectivity index (χ4n) is 2.01. The number of carbonyl (C=O) groups is 2. The summed E-state index contributed by atoms with van der Waals surface area (Å²) in [5.41, 5.74) is 1.38. The Morgan fingerprint density at radius 2 is 2.00 bits per heavy atom. The van der Waals surface area contributed by atoms with Gasteiger partial charge in [0.15, 0.2) is 5.78 Å². The molecule has 2 aromatic rings. The Kier molecular flexibility index (Phi) is 5.71. The van der Waals surface area contributed by atoms with Gasteiger partial charge in [-0.05, 0) is 36.8 Å². The van der Waals surface area contributed by atoms with Crippen molar-refractivity contribution in [2.45, 2.75) is 19.8 Å². The van der Waals surface area contributed by atoms with Crippen LogP contribution in [0.5, 0.6) is 5.75 Å². The van der Waals surface area contributed by atoms with E-state index in [1.54, 1.807) is 30.5 Å². The number of Topliss-reactive ketones (excluding diaryl/α,β-unsaturated/α-hetero) is 1. The van der Waals surface area contributed by atoms with Gasteiger partial charge in [0.05, 0.1) is 12.7 Å². The third kappa shape index (κ3) is 4.79. The van der Waals surface area contributed by atoms with E-state index in [-0.39, 0.29) is 24.5 Å². The van der Waals surface area contributed by atoms with Crippen LogP contribution in [0.2, 0.25) is 5.02 Å². The number of benzene rings is 1. The summed E-state index contributed by atoms with van der Waals surface area (Å²) < 4.78 is 5.15. The summed E-state index contributed by atoms with van der Waals surface area (Å²) in [7, 11) is 1.48. The number of anilines is 1. The number of hydrogen-bond acceptors (Lipinski definition) is 4. The van der Waals surface area contributed by atoms with Crippen molar-refractivity contribution in [1.82, 2.24) is 4.98 Å². The summed E-state index contributed by atoms with van der Waals surface area (Å²) in [6.45, 7) is 1.91. The summed E-state index contributed by atoms with van der Waals surface area (Å²) in [5, 5.41) is 3.10. The molecule has 0 atom stereocenters. The van der Waals surface area contributed by atoms with Crippen LogP contribution in [0.1, 0.15) is 28.8 Å². The van der Waals surface area contributed by atoms with E-state index >= 15 is 0 Å². The van der Waals surface area contributed by atoms with Gasteiger partial charge in [0.1, 0.15) is 11.6 Å². The van der Waals surface area contributed by atoms with Gasteiger partial charge in [-0.25, -0.2) is 4.98 Å². The van der Waals surface area contributed by atoms with Crippen molar-refractivity contribution >= 4 is 29.1 Å². The molecule has 1 N–H and O–H groups in total. The number of halogens is 1. The Balaban J connectivity index is 1.95. The fourth-order valence-corrected chi connectivity index (χ4v) is 2.18. The number of carbonyl (C=O) groups excluding carboxylic acids is 2. The normalized spacial score (nSPS) is 10.2. The number of nitrogens with zero attached hydrogens (tertiary/aromatic N) is 1. The van der Waals surface area contributed by atoms with Gasteiger partial charge in [-0.2, -0.15) is 0 Å². The first-order valence-electron chi connectivity index (χ1n) is 7.09. The molecular weight excluding hydrogens is 316 g/mol. The predicted molar refractivity (Wildman–Crippen MR) is 89.2 cm³/mol. The van der Waals surface area contributed by atoms with E-state index in [4.69, 9.17) is 16.3 Å². The van der Waals surface area contributed by atoms with E-state index in [0.29, 0.717) is 22.2 Å². The smallest absolute Gasteiger partial charge is 0.225 e. The first-order valence-corrected chi connectivity index (χ1v) is 7.46. The molecule has 1 aromatic heterocycles. The number of ether oxygens (including phenoxy) is 1. The molecule has 23 heavy (non-hydrogen) atoms. The van der Waals surface area contributed by atoms with Crippen LogP contribution < -0.4 is 10.1 Å². The minimum Gasteiger partial charge on any atom is -0.496 e. The lowest BCUT2D eigenvalue weighted by Crippen LogP contribution is -2.14. The number of pyridine rings is 1. The molecule has 0 spiro atoms. The Labute approximate surface area is 139 Å². The van der Waals surface area contributed by atoms with Gasteiger partial charge in [0.25, 0.3) is 0 Å². The van der Waals surface area contributed by atoms with Crippen molar-refractivity contribution in [3.05, 3.63) is 52.7 Å². The Morgan fingerprint density at radius 3 is 2.65 bits per heavy atom. The van der Waals surface area contributed by atoms with Crippen molar-refractivity contribution in [3.8, 4) is 5.75 Å². The molecule has 0 aliphatic heterocycles. The van der Waals surface area contributed by atoms with Crippen LogP contribution in [0.3, 0.4) is 0 Å². The first kappa shape index (κ1) is 17.0. The number of nitrogens with one attached hydrogen (secondary N) is 1. The van der Waals surface area contributed by atoms with Crippen LogP contribution in [0.4, 0.5) is 5.82 Å². The zero-order valence-electron chi connectivity index (χ0n) is 12.9. The summed E-state index contributed by atoms with van der Waals surface area (Å²) in [6, 6.07) is 8.39. The van der Waals surface area contributed by atoms with E-state index < -0.39 is 0 Å². The molecule has 0 bridgehead atoms. The number of rotatable bonds is 6. The molecule has 0 saturated carbocycles. The summed E-state index contributed by atoms with van der Waals surface area (Å²) in [5.74, 6) is 0.445. The van der Waals surface area contributed by atoms with Gasteiger partial charge >= 0.3 is 0 Å². The quantitative estimate of drug-likeness (QED) is 0.820. The zero-order chi connectivity index (χ0) is 16.8. The number of aromatic nitrogens is 1. The van der Waals surface area contributed by atoms with Crippen LogP contribution in [-0.2, 0) is 4.79 Å². The molecule has 0 fully saturated rings. The standard InChI is InChI=1S/C17H17ClN2O3/c1-11-3-7-16(19-10-11)20-17(22)8-5-14(21)13-9-12(18)4-6-15(13)23-2/h3-4,6-7,9-10H,5,8H2,1-2H3,(H,19,20,22). The minimum atomic E-state index is -0.268. The number of ketones is 1. The molecule has 5 nitrogen and oxygen atoms in total. The molecule has 6 heteroatoms. The molecule has 120 valence electrons. The highest BCUT2D eigenvalue weighted by molar-refractivity contribution is 6.31. The highest BCUT2D eigenvalue weighted by Crippen LogP contribution is 2.24. The fraction of sp³-hybridized carbons (Fsp3) is 0.235. The molecule has 1 heterocycles. The van der Waals surface area contributed by atoms with Crippen LogP contribution in [-0.4, -0.2) is 23.8 Å². The third-order valence-electron chi connectivity index (χ3n) is 3.22. The van der Waals surface area contributed by atoms with Gasteiger partial charge in [0.2, 0.25) is 5.91 Å². The van der Waals surface area contributed by atoms with E-state index in [1.165, 1.54) is 7.11 Å². The average molecular weight is 333 g/mol. The molecule has 0 aliphatic rings. The van der Waals surface area contributed by atoms with Gasteiger partial charge in [-0.3, -0.25) is 9.59 Å². The molecule has 2 rings (SSSR count). The summed E-state index contributed by atoms with van der Waals surface area (Å²) in [4.78, 5) is 28.2. The van der Waals surface area contributed by atoms with Crippen molar-refractivity contribution in [3.63, 3.8) is 0 Å². The molecule has 1 aromatic carbocycles. The lowest BCUT2D eigenvalue weighted by atomic mass is 10.1. The topological polar surface area (TPSA) is 68.3 Å². The second-order valence-electron chi connectivity index (χ2n) is 5.04. The number of hydrogen-bond donors (Lipinski definition) is 1. The molecule has 0 radical (unpaired) electrons. The lowest BCUT2D eigenvalue weighted by Gasteiger charge is -2.08. The van der Waals surface area contributed by atoms with E-state index in [0.717, 1.165) is 5.56 Å². The largest absolute Gasteiger partial charge is 0.496 e. The zero-order valence-corrected chi connectivity index (χ0v) is 13.7. The van der Waals surface area contributed by atoms with Gasteiger partial charge in [-0.1, -0.05) is 17.7 Å². The second-order valence-corrected chi connectivity index (χ2v) is 5.47. The molecule has 0 unspecified atom stereocenters. The van der Waals surface area contributed by atoms with Crippen LogP contribution >= 0.6 is 11.6 Å². The van der Waals surface area contributed by atoms with E-state index in [2.05, 4.69) is 10.3 Å². The summed E-state index contributed by atoms with van der Waals surface area (Å²) >= 11 is 5.91. The van der Waals surface area contributed by atoms with Crippen molar-refractivity contribution in [2.24, 2.45) is 0 Å². The maximum atomic E-state index is 12.2. The third-order valence-corrected chi connectivity index (χ3v) is 3.46. The van der Waals surface area contributed by atoms with Crippen LogP contribution in [0.15, 0.2) is 36.5 Å². The highest BCUT2D eigenvalue weighted by atomic mass is 35.5. The summed E-state index contributed by atoms with van der Waals surface area (Å²) in [6.07, 6.45) is 1.79. The monoisotopic (exact) mass is 332 g/mol. The SMILES string of the molecule is COc1ccc(Cl)cc1C(=O)CCC(=O)Nc1ccc(C)cn1. The number of aryl methyl sites for hydroxylation is 1. The average Bonchev–Trinajstić information content (AvgIpc) is 2.54. The van der Waals surface area contributed by atoms with Crippen LogP contribution in [0.25, 0.3) is 0 Å². The van der Waals surface area contributed by atoms with Gasteiger partial charge in [-0.15, -0.1) is 0 Å². The van der Waals surface area contributed by atoms with E-state index in [1.807, 2.05) is 13.0 Å². The predicted octanol–water partition coefficient (Wildman–Crippen LogP) is 3.65. The number of amides is 1. The first-order chi connectivity index (χ1) is 11.0. The highest BCUT2D eigenvalue weighted by Gasteiger charge is 2.15. The Hall–Kier alpha value is -2.40. The molecule has 0 saturated heterocycles. The Bertz CT molecular complexity index is 714. The second kappa shape index (κ2) is 7.74. The van der Waals surface area contributed by atoms with Crippen molar-refractivity contribution in [1.29, 1.82) is 0 Å². The van der Waals surface area contributed by atoms with Crippen molar-refractivity contribution in [2.75, 3.05) is 12.4 Å². The Morgan fingerprint density at radius 1 is 1.22 bits per heavy atom. The molecular formula is C17H17ClN2O3. The van der Waals surface area contributed by atoms with Crippen molar-refractivity contribution < 1.29 is 14.3 Å². The van der Waals surface area contributed by atoms with Gasteiger partial charge < -0.3 is 10.1 Å². The maximum Gasteiger partial charge on any atom is 0.225 e. The van der Waals surface area contributed by atoms with Crippen LogP contribution in [0, 0.1) is 6.92 Å². The maximum absolute atomic E-state index is 12.2. The minimum absolute atomic E-state index is 0.0596. The van der Waals surface area contributed by atoms with E-state index in [9.17, 15) is 9.59 Å². The molecule has 0 aliphatic carbocycles. The lowest BCUT2D eigenvalue weighted by molar-refractivity contribution is -0.116. The number of methoxy groups -OCH3 is 1.